The van der Waals surface area contributed by atoms with Gasteiger partial charge in [0.25, 0.3) is 5.69 Å². The Morgan fingerprint density at radius 3 is 2.88 bits per heavy atom. The maximum atomic E-state index is 10.5. The molecule has 6 heteroatoms. The molecule has 0 heterocycles. The Morgan fingerprint density at radius 2 is 2.25 bits per heavy atom. The van der Waals surface area contributed by atoms with Crippen molar-refractivity contribution in [2.24, 2.45) is 0 Å². The van der Waals surface area contributed by atoms with E-state index in [1.807, 2.05) is 0 Å². The predicted molar refractivity (Wildman–Crippen MR) is 56.1 cm³/mol. The number of ether oxygens (including phenoxy) is 1. The summed E-state index contributed by atoms with van der Waals surface area (Å²) in [5.74, 6) is 0.236. The third kappa shape index (κ3) is 3.84. The van der Waals surface area contributed by atoms with Gasteiger partial charge in [0.15, 0.2) is 6.29 Å². The molecule has 0 radical (unpaired) electrons. The number of nitrogens with zero attached hydrogens (tertiary/aromatic N) is 1. The van der Waals surface area contributed by atoms with E-state index >= 15 is 0 Å². The molecule has 0 amide bonds. The van der Waals surface area contributed by atoms with Crippen molar-refractivity contribution in [3.8, 4) is 5.75 Å². The van der Waals surface area contributed by atoms with Crippen molar-refractivity contribution < 1.29 is 19.9 Å². The quantitative estimate of drug-likeness (QED) is 0.430. The molecule has 88 valence electrons. The maximum absolute atomic E-state index is 10.5. The van der Waals surface area contributed by atoms with Crippen LogP contribution in [0.3, 0.4) is 0 Å². The zero-order valence-electron chi connectivity index (χ0n) is 8.57. The zero-order chi connectivity index (χ0) is 12.0. The van der Waals surface area contributed by atoms with Crippen LogP contribution in [0.5, 0.6) is 5.75 Å². The monoisotopic (exact) mass is 227 g/mol. The van der Waals surface area contributed by atoms with Crippen LogP contribution in [-0.2, 0) is 0 Å². The number of rotatable bonds is 6. The number of hydrogen-bond acceptors (Lipinski definition) is 5. The molecule has 0 bridgehead atoms. The first-order valence-electron chi connectivity index (χ1n) is 4.83. The van der Waals surface area contributed by atoms with Gasteiger partial charge >= 0.3 is 0 Å². The van der Waals surface area contributed by atoms with Gasteiger partial charge in [-0.1, -0.05) is 6.07 Å². The van der Waals surface area contributed by atoms with Gasteiger partial charge in [-0.25, -0.2) is 0 Å². The molecule has 16 heavy (non-hydrogen) atoms. The molecular formula is C10H13NO5. The molecule has 0 spiro atoms. The molecule has 0 aliphatic rings. The summed E-state index contributed by atoms with van der Waals surface area (Å²) in [6, 6.07) is 5.58. The lowest BCUT2D eigenvalue weighted by Crippen LogP contribution is -2.15. The van der Waals surface area contributed by atoms with E-state index in [-0.39, 0.29) is 24.5 Å². The minimum atomic E-state index is -1.06. The van der Waals surface area contributed by atoms with Crippen molar-refractivity contribution in [2.75, 3.05) is 6.61 Å². The summed E-state index contributed by atoms with van der Waals surface area (Å²) in [4.78, 5) is 9.93. The van der Waals surface area contributed by atoms with Crippen LogP contribution in [0.15, 0.2) is 24.3 Å². The molecule has 0 aromatic heterocycles. The SMILES string of the molecule is O=[N+]([O-])c1cccc(OC(O)CCCO)c1. The first-order chi connectivity index (χ1) is 7.63. The molecule has 1 aromatic carbocycles. The van der Waals surface area contributed by atoms with E-state index in [0.717, 1.165) is 0 Å². The van der Waals surface area contributed by atoms with E-state index in [9.17, 15) is 15.2 Å². The molecule has 0 fully saturated rings. The lowest BCUT2D eigenvalue weighted by Gasteiger charge is -2.12. The third-order valence-corrected chi connectivity index (χ3v) is 1.91. The Morgan fingerprint density at radius 1 is 1.50 bits per heavy atom. The highest BCUT2D eigenvalue weighted by atomic mass is 16.6. The van der Waals surface area contributed by atoms with E-state index < -0.39 is 11.2 Å². The summed E-state index contributed by atoms with van der Waals surface area (Å²) in [5.41, 5.74) is -0.0909. The zero-order valence-corrected chi connectivity index (χ0v) is 8.57. The fraction of sp³-hybridized carbons (Fsp3) is 0.400. The largest absolute Gasteiger partial charge is 0.465 e. The van der Waals surface area contributed by atoms with Crippen LogP contribution in [0, 0.1) is 10.1 Å². The Hall–Kier alpha value is -1.66. The number of aliphatic hydroxyl groups is 2. The normalized spacial score (nSPS) is 12.1. The molecule has 0 saturated heterocycles. The summed E-state index contributed by atoms with van der Waals surface area (Å²) < 4.78 is 5.05. The summed E-state index contributed by atoms with van der Waals surface area (Å²) in [6.45, 7) is -0.0324. The van der Waals surface area contributed by atoms with Gasteiger partial charge in [-0.2, -0.15) is 0 Å². The average molecular weight is 227 g/mol. The van der Waals surface area contributed by atoms with Crippen molar-refractivity contribution in [3.05, 3.63) is 34.4 Å². The summed E-state index contributed by atoms with van der Waals surface area (Å²) in [6.07, 6.45) is -0.371. The third-order valence-electron chi connectivity index (χ3n) is 1.91. The van der Waals surface area contributed by atoms with Crippen molar-refractivity contribution >= 4 is 5.69 Å². The van der Waals surface area contributed by atoms with E-state index in [0.29, 0.717) is 6.42 Å². The smallest absolute Gasteiger partial charge is 0.273 e. The van der Waals surface area contributed by atoms with Crippen LogP contribution in [0.25, 0.3) is 0 Å². The van der Waals surface area contributed by atoms with Gasteiger partial charge < -0.3 is 14.9 Å². The van der Waals surface area contributed by atoms with Gasteiger partial charge in [-0.15, -0.1) is 0 Å². The Balaban J connectivity index is 2.59. The van der Waals surface area contributed by atoms with Crippen LogP contribution in [0.4, 0.5) is 5.69 Å². The van der Waals surface area contributed by atoms with Gasteiger partial charge in [-0.05, 0) is 12.5 Å². The summed E-state index contributed by atoms with van der Waals surface area (Å²) in [5, 5.41) is 28.4. The molecule has 0 aliphatic heterocycles. The standard InChI is InChI=1S/C10H13NO5/c12-6-2-5-10(13)16-9-4-1-3-8(7-9)11(14)15/h1,3-4,7,10,12-13H,2,5-6H2. The summed E-state index contributed by atoms with van der Waals surface area (Å²) >= 11 is 0. The number of nitro benzene ring substituents is 1. The Bertz CT molecular complexity index is 355. The van der Waals surface area contributed by atoms with Crippen molar-refractivity contribution in [1.29, 1.82) is 0 Å². The molecule has 2 N–H and O–H groups in total. The number of benzene rings is 1. The van der Waals surface area contributed by atoms with Crippen molar-refractivity contribution in [1.82, 2.24) is 0 Å². The molecule has 6 nitrogen and oxygen atoms in total. The second-order valence-electron chi connectivity index (χ2n) is 3.19. The first-order valence-corrected chi connectivity index (χ1v) is 4.83. The molecule has 1 atom stereocenters. The van der Waals surface area contributed by atoms with E-state index in [1.165, 1.54) is 24.3 Å². The van der Waals surface area contributed by atoms with Crippen LogP contribution in [-0.4, -0.2) is 28.0 Å². The highest BCUT2D eigenvalue weighted by molar-refractivity contribution is 5.37. The van der Waals surface area contributed by atoms with Gasteiger partial charge in [0, 0.05) is 19.1 Å². The van der Waals surface area contributed by atoms with Gasteiger partial charge in [0.1, 0.15) is 5.75 Å². The second-order valence-corrected chi connectivity index (χ2v) is 3.19. The maximum Gasteiger partial charge on any atom is 0.273 e. The van der Waals surface area contributed by atoms with Gasteiger partial charge in [-0.3, -0.25) is 10.1 Å². The lowest BCUT2D eigenvalue weighted by molar-refractivity contribution is -0.385. The fourth-order valence-electron chi connectivity index (χ4n) is 1.15. The summed E-state index contributed by atoms with van der Waals surface area (Å²) in [7, 11) is 0. The minimum Gasteiger partial charge on any atom is -0.465 e. The highest BCUT2D eigenvalue weighted by Crippen LogP contribution is 2.20. The van der Waals surface area contributed by atoms with E-state index in [1.54, 1.807) is 0 Å². The molecule has 1 unspecified atom stereocenters. The average Bonchev–Trinajstić information content (AvgIpc) is 2.26. The van der Waals surface area contributed by atoms with Crippen LogP contribution < -0.4 is 4.74 Å². The van der Waals surface area contributed by atoms with Gasteiger partial charge in [0.05, 0.1) is 11.0 Å². The molecule has 0 aliphatic carbocycles. The Kier molecular flexibility index (Phi) is 4.68. The number of aliphatic hydroxyl groups excluding tert-OH is 2. The second kappa shape index (κ2) is 6.04. The minimum absolute atomic E-state index is 0.0324. The predicted octanol–water partition coefficient (Wildman–Crippen LogP) is 1.06. The fourth-order valence-corrected chi connectivity index (χ4v) is 1.15. The van der Waals surface area contributed by atoms with Gasteiger partial charge in [0.2, 0.25) is 0 Å². The van der Waals surface area contributed by atoms with Crippen molar-refractivity contribution in [2.45, 2.75) is 19.1 Å². The number of non-ortho nitro benzene ring substituents is 1. The molecule has 0 saturated carbocycles. The van der Waals surface area contributed by atoms with E-state index in [2.05, 4.69) is 0 Å². The Labute approximate surface area is 92.2 Å². The van der Waals surface area contributed by atoms with Crippen molar-refractivity contribution in [3.63, 3.8) is 0 Å². The molecular weight excluding hydrogens is 214 g/mol. The van der Waals surface area contributed by atoms with Crippen LogP contribution in [0.1, 0.15) is 12.8 Å². The highest BCUT2D eigenvalue weighted by Gasteiger charge is 2.09. The van der Waals surface area contributed by atoms with Crippen LogP contribution in [0.2, 0.25) is 0 Å². The number of hydrogen-bond donors (Lipinski definition) is 2. The number of nitro groups is 1. The first kappa shape index (κ1) is 12.4. The van der Waals surface area contributed by atoms with E-state index in [4.69, 9.17) is 9.84 Å². The topological polar surface area (TPSA) is 92.8 Å². The lowest BCUT2D eigenvalue weighted by atomic mass is 10.3. The molecule has 1 rings (SSSR count). The van der Waals surface area contributed by atoms with Crippen LogP contribution >= 0.6 is 0 Å². The molecule has 1 aromatic rings.